The Balaban J connectivity index is 0.00000104. The van der Waals surface area contributed by atoms with E-state index < -0.39 is 0 Å². The first-order valence-corrected chi connectivity index (χ1v) is 7.84. The number of anilines is 2. The lowest BCUT2D eigenvalue weighted by atomic mass is 10.1. The van der Waals surface area contributed by atoms with Crippen molar-refractivity contribution in [3.8, 4) is 0 Å². The van der Waals surface area contributed by atoms with E-state index >= 15 is 0 Å². The Hall–Kier alpha value is -1.41. The van der Waals surface area contributed by atoms with Gasteiger partial charge >= 0.3 is 0 Å². The van der Waals surface area contributed by atoms with E-state index in [0.29, 0.717) is 10.7 Å². The fourth-order valence-corrected chi connectivity index (χ4v) is 3.25. The van der Waals surface area contributed by atoms with Crippen LogP contribution in [-0.2, 0) is 0 Å². The van der Waals surface area contributed by atoms with Gasteiger partial charge in [-0.2, -0.15) is 0 Å². The van der Waals surface area contributed by atoms with Crippen molar-refractivity contribution in [2.45, 2.75) is 0 Å². The molecule has 0 radical (unpaired) electrons. The number of allylic oxidation sites excluding steroid dienone is 1. The predicted molar refractivity (Wildman–Crippen MR) is 111 cm³/mol. The molecule has 2 aromatic rings. The number of rotatable bonds is 1. The zero-order chi connectivity index (χ0) is 15.3. The minimum absolute atomic E-state index is 0. The number of para-hydroxylation sites is 1. The lowest BCUT2D eigenvalue weighted by molar-refractivity contribution is 0.388. The van der Waals surface area contributed by atoms with E-state index in [4.69, 9.17) is 11.6 Å². The van der Waals surface area contributed by atoms with Gasteiger partial charge in [0.05, 0.1) is 11.4 Å². The maximum atomic E-state index is 10.6. The van der Waals surface area contributed by atoms with Crippen molar-refractivity contribution in [1.29, 1.82) is 0 Å². The number of aliphatic hydroxyl groups is 1. The molecule has 0 amide bonds. The van der Waals surface area contributed by atoms with Crippen LogP contribution in [0.15, 0.2) is 66.2 Å². The summed E-state index contributed by atoms with van der Waals surface area (Å²) in [5.74, 6) is 0.133. The van der Waals surface area contributed by atoms with Gasteiger partial charge in [-0.05, 0) is 36.4 Å². The number of fused-ring (bicyclic) bond motifs is 3. The number of hydrazine groups is 2. The van der Waals surface area contributed by atoms with Crippen molar-refractivity contribution in [2.24, 2.45) is 0 Å². The molecule has 0 spiro atoms. The van der Waals surface area contributed by atoms with Gasteiger partial charge in [-0.1, -0.05) is 45.7 Å². The Labute approximate surface area is 170 Å². The van der Waals surface area contributed by atoms with Gasteiger partial charge in [0.2, 0.25) is 5.88 Å². The molecule has 4 rings (SSSR count). The third kappa shape index (κ3) is 3.60. The molecule has 2 aliphatic heterocycles. The largest absolute Gasteiger partial charge is 0.492 e. The molecule has 2 heterocycles. The van der Waals surface area contributed by atoms with E-state index in [0.717, 1.165) is 21.4 Å². The Kier molecular flexibility index (Phi) is 7.19. The van der Waals surface area contributed by atoms with Crippen molar-refractivity contribution >= 4 is 68.2 Å². The zero-order valence-electron chi connectivity index (χ0n) is 12.6. The predicted octanol–water partition coefficient (Wildman–Crippen LogP) is 4.58. The van der Waals surface area contributed by atoms with Crippen LogP contribution in [0.5, 0.6) is 0 Å². The van der Waals surface area contributed by atoms with Crippen molar-refractivity contribution in [3.05, 3.63) is 76.8 Å². The Morgan fingerprint density at radius 2 is 1.60 bits per heavy atom. The molecular formula is C16H15BrCl3N3O2. The quantitative estimate of drug-likeness (QED) is 0.644. The number of hydrogen-bond acceptors (Lipinski definition) is 4. The lowest BCUT2D eigenvalue weighted by Gasteiger charge is -2.27. The average molecular weight is 468 g/mol. The van der Waals surface area contributed by atoms with E-state index in [1.165, 1.54) is 0 Å². The summed E-state index contributed by atoms with van der Waals surface area (Å²) in [5.41, 5.74) is 6.69. The molecule has 25 heavy (non-hydrogen) atoms. The molecule has 0 aliphatic carbocycles. The first-order valence-electron chi connectivity index (χ1n) is 6.67. The van der Waals surface area contributed by atoms with Gasteiger partial charge < -0.3 is 10.6 Å². The van der Waals surface area contributed by atoms with Gasteiger partial charge in [0.1, 0.15) is 5.70 Å². The van der Waals surface area contributed by atoms with Crippen LogP contribution in [0.3, 0.4) is 0 Å². The molecule has 4 N–H and O–H groups in total. The molecule has 134 valence electrons. The van der Waals surface area contributed by atoms with Gasteiger partial charge in [0.15, 0.2) is 0 Å². The summed E-state index contributed by atoms with van der Waals surface area (Å²) in [5, 5.41) is 14.7. The summed E-state index contributed by atoms with van der Waals surface area (Å²) in [6.45, 7) is 0. The highest BCUT2D eigenvalue weighted by molar-refractivity contribution is 9.15. The fourth-order valence-electron chi connectivity index (χ4n) is 2.57. The zero-order valence-corrected chi connectivity index (χ0v) is 16.6. The maximum absolute atomic E-state index is 10.6. The van der Waals surface area contributed by atoms with E-state index in [-0.39, 0.29) is 36.2 Å². The smallest absolute Gasteiger partial charge is 0.234 e. The van der Waals surface area contributed by atoms with Crippen LogP contribution in [-0.4, -0.2) is 10.6 Å². The van der Waals surface area contributed by atoms with Gasteiger partial charge in [0, 0.05) is 15.1 Å². The third-order valence-corrected chi connectivity index (χ3v) is 4.54. The molecule has 0 atom stereocenters. The van der Waals surface area contributed by atoms with Gasteiger partial charge in [-0.15, -0.1) is 30.3 Å². The second-order valence-corrected chi connectivity index (χ2v) is 6.26. The molecule has 0 saturated carbocycles. The van der Waals surface area contributed by atoms with Crippen LogP contribution in [0.2, 0.25) is 5.02 Å². The third-order valence-electron chi connectivity index (χ3n) is 3.63. The van der Waals surface area contributed by atoms with Crippen LogP contribution in [0, 0.1) is 0 Å². The second kappa shape index (κ2) is 8.31. The van der Waals surface area contributed by atoms with E-state index in [1.807, 2.05) is 47.5 Å². The van der Waals surface area contributed by atoms with Crippen LogP contribution in [0.25, 0.3) is 4.48 Å². The standard InChI is InChI=1S/C16H11BrClN3O.2ClH.H2O/c17-13-9-15-16(22)20(11-7-5-10(18)6-8-11)19-21(15)14-4-2-1-3-12(13)14;;;/h1-9,19,22H;2*1H;1H2. The van der Waals surface area contributed by atoms with Crippen molar-refractivity contribution in [2.75, 3.05) is 10.0 Å². The van der Waals surface area contributed by atoms with Gasteiger partial charge in [0.25, 0.3) is 0 Å². The normalized spacial score (nSPS) is 14.6. The van der Waals surface area contributed by atoms with Crippen LogP contribution in [0.4, 0.5) is 11.4 Å². The minimum atomic E-state index is 0. The first-order chi connectivity index (χ1) is 10.6. The molecular weight excluding hydrogens is 452 g/mol. The van der Waals surface area contributed by atoms with Crippen molar-refractivity contribution in [1.82, 2.24) is 5.53 Å². The summed E-state index contributed by atoms with van der Waals surface area (Å²) in [6.07, 6.45) is 1.89. The summed E-state index contributed by atoms with van der Waals surface area (Å²) in [6, 6.07) is 15.2. The highest BCUT2D eigenvalue weighted by Crippen LogP contribution is 2.41. The number of benzene rings is 2. The van der Waals surface area contributed by atoms with Crippen molar-refractivity contribution < 1.29 is 10.6 Å². The van der Waals surface area contributed by atoms with Crippen molar-refractivity contribution in [3.63, 3.8) is 0 Å². The molecule has 0 saturated heterocycles. The van der Waals surface area contributed by atoms with E-state index in [1.54, 1.807) is 17.1 Å². The highest BCUT2D eigenvalue weighted by atomic mass is 79.9. The number of halogens is 4. The Morgan fingerprint density at radius 3 is 2.28 bits per heavy atom. The summed E-state index contributed by atoms with van der Waals surface area (Å²) >= 11 is 9.49. The summed E-state index contributed by atoms with van der Waals surface area (Å²) < 4.78 is 0.931. The number of hydrogen-bond donors (Lipinski definition) is 2. The van der Waals surface area contributed by atoms with Gasteiger partial charge in [-0.25, -0.2) is 5.01 Å². The number of aliphatic hydroxyl groups excluding tert-OH is 1. The molecule has 2 aromatic carbocycles. The monoisotopic (exact) mass is 465 g/mol. The molecule has 5 nitrogen and oxygen atoms in total. The maximum Gasteiger partial charge on any atom is 0.234 e. The summed E-state index contributed by atoms with van der Waals surface area (Å²) in [4.78, 5) is 0. The number of nitrogens with one attached hydrogen (secondary N) is 1. The molecule has 0 fully saturated rings. The highest BCUT2D eigenvalue weighted by Gasteiger charge is 2.34. The molecule has 0 aromatic heterocycles. The van der Waals surface area contributed by atoms with E-state index in [2.05, 4.69) is 21.5 Å². The number of nitrogens with zero attached hydrogens (tertiary/aromatic N) is 2. The minimum Gasteiger partial charge on any atom is -0.492 e. The van der Waals surface area contributed by atoms with E-state index in [9.17, 15) is 5.11 Å². The second-order valence-electron chi connectivity index (χ2n) is 4.97. The lowest BCUT2D eigenvalue weighted by Crippen LogP contribution is -2.42. The molecule has 0 bridgehead atoms. The topological polar surface area (TPSA) is 70.2 Å². The molecule has 9 heteroatoms. The van der Waals surface area contributed by atoms with Crippen LogP contribution >= 0.6 is 52.3 Å². The fraction of sp³-hybridized carbons (Fsp3) is 0. The SMILES string of the molecule is Cl.Cl.O.OC1=C2C=C(Br)c3ccccc3N2NN1c1ccc(Cl)cc1. The Morgan fingerprint density at radius 1 is 0.960 bits per heavy atom. The van der Waals surface area contributed by atoms with Gasteiger partial charge in [-0.3, -0.25) is 5.01 Å². The Bertz CT molecular complexity index is 828. The summed E-state index contributed by atoms with van der Waals surface area (Å²) in [7, 11) is 0. The first kappa shape index (κ1) is 21.6. The van der Waals surface area contributed by atoms with Crippen LogP contribution in [0.1, 0.15) is 5.56 Å². The molecule has 0 unspecified atom stereocenters. The average Bonchev–Trinajstić information content (AvgIpc) is 2.86. The molecule has 2 aliphatic rings. The van der Waals surface area contributed by atoms with Crippen LogP contribution < -0.4 is 15.6 Å².